The molecule has 0 aromatic carbocycles. The molecule has 2 atom stereocenters. The molecule has 1 aliphatic heterocycles. The second-order valence-electron chi connectivity index (χ2n) is 5.73. The van der Waals surface area contributed by atoms with Crippen LogP contribution in [-0.2, 0) is 16.0 Å². The molecular formula is C15H25N3O2S. The van der Waals surface area contributed by atoms with Gasteiger partial charge in [0.15, 0.2) is 5.13 Å². The highest BCUT2D eigenvalue weighted by Crippen LogP contribution is 2.33. The predicted octanol–water partition coefficient (Wildman–Crippen LogP) is 2.03. The smallest absolute Gasteiger partial charge is 0.185 e. The molecule has 0 amide bonds. The fraction of sp³-hybridized carbons (Fsp3) is 0.800. The molecular weight excluding hydrogens is 286 g/mol. The second-order valence-corrected chi connectivity index (χ2v) is 6.83. The average Bonchev–Trinajstić information content (AvgIpc) is 3.00. The number of methoxy groups -OCH3 is 1. The van der Waals surface area contributed by atoms with Crippen molar-refractivity contribution in [3.63, 3.8) is 0 Å². The fourth-order valence-corrected chi connectivity index (χ4v) is 4.19. The molecule has 1 N–H and O–H groups in total. The SMILES string of the molecule is COCCNCc1cnc(N2CCOC3CCCCC32)s1. The van der Waals surface area contributed by atoms with Gasteiger partial charge < -0.3 is 19.7 Å². The third-order valence-corrected chi connectivity index (χ3v) is 5.34. The van der Waals surface area contributed by atoms with Crippen LogP contribution in [0.5, 0.6) is 0 Å². The number of hydrogen-bond acceptors (Lipinski definition) is 6. The number of nitrogens with one attached hydrogen (secondary N) is 1. The van der Waals surface area contributed by atoms with Gasteiger partial charge in [-0.05, 0) is 12.8 Å². The summed E-state index contributed by atoms with van der Waals surface area (Å²) in [5.74, 6) is 0. The second kappa shape index (κ2) is 7.54. The zero-order valence-corrected chi connectivity index (χ0v) is 13.5. The molecule has 6 heteroatoms. The number of aromatic nitrogens is 1. The van der Waals surface area contributed by atoms with E-state index in [2.05, 4.69) is 15.2 Å². The molecule has 0 spiro atoms. The van der Waals surface area contributed by atoms with Gasteiger partial charge in [-0.2, -0.15) is 0 Å². The van der Waals surface area contributed by atoms with Gasteiger partial charge in [-0.3, -0.25) is 0 Å². The third-order valence-electron chi connectivity index (χ3n) is 4.30. The van der Waals surface area contributed by atoms with E-state index in [9.17, 15) is 0 Å². The molecule has 0 radical (unpaired) electrons. The molecule has 1 aliphatic carbocycles. The molecule has 1 saturated carbocycles. The summed E-state index contributed by atoms with van der Waals surface area (Å²) in [5.41, 5.74) is 0. The van der Waals surface area contributed by atoms with E-state index in [1.54, 1.807) is 7.11 Å². The van der Waals surface area contributed by atoms with Crippen molar-refractivity contribution in [1.29, 1.82) is 0 Å². The molecule has 5 nitrogen and oxygen atoms in total. The van der Waals surface area contributed by atoms with Gasteiger partial charge >= 0.3 is 0 Å². The minimum absolute atomic E-state index is 0.416. The van der Waals surface area contributed by atoms with E-state index in [1.807, 2.05) is 17.5 Å². The van der Waals surface area contributed by atoms with Crippen molar-refractivity contribution < 1.29 is 9.47 Å². The maximum atomic E-state index is 5.94. The number of hydrogen-bond donors (Lipinski definition) is 1. The molecule has 2 unspecified atom stereocenters. The van der Waals surface area contributed by atoms with E-state index >= 15 is 0 Å². The monoisotopic (exact) mass is 311 g/mol. The van der Waals surface area contributed by atoms with Crippen LogP contribution in [0.15, 0.2) is 6.20 Å². The summed E-state index contributed by atoms with van der Waals surface area (Å²) in [6, 6.07) is 0.535. The topological polar surface area (TPSA) is 46.6 Å². The minimum Gasteiger partial charge on any atom is -0.383 e. The van der Waals surface area contributed by atoms with E-state index in [4.69, 9.17) is 9.47 Å². The highest BCUT2D eigenvalue weighted by molar-refractivity contribution is 7.15. The Morgan fingerprint density at radius 3 is 3.29 bits per heavy atom. The summed E-state index contributed by atoms with van der Waals surface area (Å²) < 4.78 is 11.0. The Kier molecular flexibility index (Phi) is 5.46. The first-order valence-corrected chi connectivity index (χ1v) is 8.73. The molecule has 21 heavy (non-hydrogen) atoms. The van der Waals surface area contributed by atoms with Crippen LogP contribution in [0.1, 0.15) is 30.6 Å². The minimum atomic E-state index is 0.416. The Hall–Kier alpha value is -0.690. The quantitative estimate of drug-likeness (QED) is 0.815. The molecule has 2 aliphatic rings. The van der Waals surface area contributed by atoms with E-state index in [1.165, 1.54) is 35.7 Å². The maximum absolute atomic E-state index is 5.94. The summed E-state index contributed by atoms with van der Waals surface area (Å²) in [6.45, 7) is 4.32. The summed E-state index contributed by atoms with van der Waals surface area (Å²) in [7, 11) is 1.73. The Balaban J connectivity index is 1.59. The lowest BCUT2D eigenvalue weighted by Gasteiger charge is -2.43. The Morgan fingerprint density at radius 2 is 2.38 bits per heavy atom. The Bertz CT molecular complexity index is 438. The summed E-state index contributed by atoms with van der Waals surface area (Å²) >= 11 is 1.81. The van der Waals surface area contributed by atoms with E-state index in [0.29, 0.717) is 12.1 Å². The number of ether oxygens (including phenoxy) is 2. The number of thiazole rings is 1. The molecule has 2 heterocycles. The molecule has 1 aromatic heterocycles. The van der Waals surface area contributed by atoms with Crippen molar-refractivity contribution in [3.05, 3.63) is 11.1 Å². The summed E-state index contributed by atoms with van der Waals surface area (Å²) in [6.07, 6.45) is 7.50. The lowest BCUT2D eigenvalue weighted by Crippen LogP contribution is -2.52. The third kappa shape index (κ3) is 3.74. The van der Waals surface area contributed by atoms with Crippen molar-refractivity contribution in [2.24, 2.45) is 0 Å². The maximum Gasteiger partial charge on any atom is 0.185 e. The van der Waals surface area contributed by atoms with E-state index in [-0.39, 0.29) is 0 Å². The van der Waals surface area contributed by atoms with E-state index in [0.717, 1.165) is 32.8 Å². The molecule has 118 valence electrons. The number of fused-ring (bicyclic) bond motifs is 1. The summed E-state index contributed by atoms with van der Waals surface area (Å²) in [5, 5.41) is 4.54. The Morgan fingerprint density at radius 1 is 1.48 bits per heavy atom. The van der Waals surface area contributed by atoms with Crippen LogP contribution in [0.3, 0.4) is 0 Å². The fourth-order valence-electron chi connectivity index (χ4n) is 3.23. The normalized spacial score (nSPS) is 25.9. The van der Waals surface area contributed by atoms with Crippen LogP contribution in [-0.4, -0.2) is 50.5 Å². The molecule has 1 aromatic rings. The van der Waals surface area contributed by atoms with Crippen LogP contribution >= 0.6 is 11.3 Å². The standard InChI is InChI=1S/C15H25N3O2S/c1-19-8-6-16-10-12-11-17-15(21-12)18-7-9-20-14-5-3-2-4-13(14)18/h11,13-14,16H,2-10H2,1H3. The number of anilines is 1. The van der Waals surface area contributed by atoms with Crippen molar-refractivity contribution in [2.75, 3.05) is 38.3 Å². The lowest BCUT2D eigenvalue weighted by molar-refractivity contribution is -0.00868. The van der Waals surface area contributed by atoms with Crippen LogP contribution in [0.25, 0.3) is 0 Å². The number of rotatable bonds is 6. The first kappa shape index (κ1) is 15.2. The van der Waals surface area contributed by atoms with Crippen molar-refractivity contribution in [3.8, 4) is 0 Å². The highest BCUT2D eigenvalue weighted by Gasteiger charge is 2.35. The van der Waals surface area contributed by atoms with Gasteiger partial charge in [-0.1, -0.05) is 12.8 Å². The first-order chi connectivity index (χ1) is 10.4. The number of nitrogens with zero attached hydrogens (tertiary/aromatic N) is 2. The van der Waals surface area contributed by atoms with Crippen LogP contribution < -0.4 is 10.2 Å². The van der Waals surface area contributed by atoms with Gasteiger partial charge in [-0.15, -0.1) is 11.3 Å². The zero-order valence-electron chi connectivity index (χ0n) is 12.7. The van der Waals surface area contributed by atoms with Gasteiger partial charge in [0.2, 0.25) is 0 Å². The van der Waals surface area contributed by atoms with Crippen molar-refractivity contribution in [1.82, 2.24) is 10.3 Å². The number of morpholine rings is 1. The summed E-state index contributed by atoms with van der Waals surface area (Å²) in [4.78, 5) is 8.42. The lowest BCUT2D eigenvalue weighted by atomic mass is 9.90. The molecule has 2 fully saturated rings. The van der Waals surface area contributed by atoms with E-state index < -0.39 is 0 Å². The molecule has 0 bridgehead atoms. The van der Waals surface area contributed by atoms with Gasteiger partial charge in [0.25, 0.3) is 0 Å². The van der Waals surface area contributed by atoms with Crippen LogP contribution in [0.2, 0.25) is 0 Å². The van der Waals surface area contributed by atoms with Crippen LogP contribution in [0.4, 0.5) is 5.13 Å². The Labute approximate surface area is 130 Å². The molecule has 1 saturated heterocycles. The average molecular weight is 311 g/mol. The molecule has 3 rings (SSSR count). The van der Waals surface area contributed by atoms with Crippen molar-refractivity contribution in [2.45, 2.75) is 44.4 Å². The zero-order chi connectivity index (χ0) is 14.5. The predicted molar refractivity (Wildman–Crippen MR) is 85.0 cm³/mol. The van der Waals surface area contributed by atoms with Gasteiger partial charge in [0.1, 0.15) is 0 Å². The van der Waals surface area contributed by atoms with Gasteiger partial charge in [-0.25, -0.2) is 4.98 Å². The van der Waals surface area contributed by atoms with Gasteiger partial charge in [0.05, 0.1) is 25.4 Å². The highest BCUT2D eigenvalue weighted by atomic mass is 32.1. The van der Waals surface area contributed by atoms with Gasteiger partial charge in [0, 0.05) is 37.8 Å². The van der Waals surface area contributed by atoms with Crippen molar-refractivity contribution >= 4 is 16.5 Å². The largest absolute Gasteiger partial charge is 0.383 e. The first-order valence-electron chi connectivity index (χ1n) is 7.91. The van der Waals surface area contributed by atoms with Crippen LogP contribution in [0, 0.1) is 0 Å².